The predicted octanol–water partition coefficient (Wildman–Crippen LogP) is -2.19. The molecule has 0 radical (unpaired) electrons. The average Bonchev–Trinajstić information content (AvgIpc) is 2.10. The maximum atomic E-state index is 8.65. The molecule has 0 saturated carbocycles. The van der Waals surface area contributed by atoms with Crippen molar-refractivity contribution >= 4 is 8.80 Å². The number of hydrogen-bond acceptors (Lipinski definition) is 5. The van der Waals surface area contributed by atoms with Gasteiger partial charge in [-0.3, -0.25) is 4.68 Å². The molecule has 62 valence electrons. The van der Waals surface area contributed by atoms with E-state index in [0.717, 1.165) is 0 Å². The van der Waals surface area contributed by atoms with Crippen LogP contribution < -0.4 is 0 Å². The molecule has 11 heavy (non-hydrogen) atoms. The molecule has 0 unspecified atom stereocenters. The summed E-state index contributed by atoms with van der Waals surface area (Å²) in [5, 5.41) is 7.13. The SMILES string of the molecule is Cn1cc(C[Si](O)(O)O)nn1. The molecule has 1 heterocycles. The topological polar surface area (TPSA) is 91.4 Å². The molecule has 0 saturated heterocycles. The highest BCUT2D eigenvalue weighted by molar-refractivity contribution is 6.55. The summed E-state index contributed by atoms with van der Waals surface area (Å²) < 4.78 is 1.43. The van der Waals surface area contributed by atoms with Crippen LogP contribution in [0.3, 0.4) is 0 Å². The minimum absolute atomic E-state index is 0.208. The molecule has 0 aliphatic carbocycles. The van der Waals surface area contributed by atoms with Gasteiger partial charge in [-0.25, -0.2) is 0 Å². The maximum absolute atomic E-state index is 8.65. The molecule has 0 aliphatic rings. The van der Waals surface area contributed by atoms with Crippen molar-refractivity contribution < 1.29 is 14.4 Å². The van der Waals surface area contributed by atoms with E-state index in [-0.39, 0.29) is 6.04 Å². The van der Waals surface area contributed by atoms with Crippen molar-refractivity contribution in [1.82, 2.24) is 15.0 Å². The molecule has 0 aliphatic heterocycles. The number of aryl methyl sites for hydroxylation is 1. The normalized spacial score (nSPS) is 12.0. The smallest absolute Gasteiger partial charge is 0.390 e. The zero-order valence-corrected chi connectivity index (χ0v) is 6.97. The van der Waals surface area contributed by atoms with Crippen LogP contribution in [0.2, 0.25) is 0 Å². The Morgan fingerprint density at radius 1 is 1.55 bits per heavy atom. The van der Waals surface area contributed by atoms with Crippen LogP contribution in [0.5, 0.6) is 0 Å². The van der Waals surface area contributed by atoms with E-state index in [9.17, 15) is 0 Å². The Morgan fingerprint density at radius 2 is 2.18 bits per heavy atom. The van der Waals surface area contributed by atoms with Crippen LogP contribution >= 0.6 is 0 Å². The summed E-state index contributed by atoms with van der Waals surface area (Å²) in [6.45, 7) is 0. The molecular formula is C4H9N3O3Si. The second kappa shape index (κ2) is 2.70. The van der Waals surface area contributed by atoms with E-state index in [4.69, 9.17) is 14.4 Å². The summed E-state index contributed by atoms with van der Waals surface area (Å²) >= 11 is 0. The van der Waals surface area contributed by atoms with Gasteiger partial charge in [-0.1, -0.05) is 5.21 Å². The molecular weight excluding hydrogens is 166 g/mol. The summed E-state index contributed by atoms with van der Waals surface area (Å²) in [4.78, 5) is 26.0. The first-order valence-electron chi connectivity index (χ1n) is 3.00. The van der Waals surface area contributed by atoms with Gasteiger partial charge in [-0.2, -0.15) is 0 Å². The quantitative estimate of drug-likeness (QED) is 0.444. The number of hydrogen-bond donors (Lipinski definition) is 3. The Labute approximate surface area is 64.1 Å². The van der Waals surface area contributed by atoms with Gasteiger partial charge in [0.05, 0.1) is 11.7 Å². The van der Waals surface area contributed by atoms with Gasteiger partial charge in [-0.05, 0) is 0 Å². The molecule has 0 spiro atoms. The third-order valence-corrected chi connectivity index (χ3v) is 1.90. The van der Waals surface area contributed by atoms with Crippen molar-refractivity contribution in [3.63, 3.8) is 0 Å². The molecule has 1 aromatic rings. The minimum atomic E-state index is -4.00. The predicted molar refractivity (Wildman–Crippen MR) is 37.1 cm³/mol. The second-order valence-electron chi connectivity index (χ2n) is 2.33. The Morgan fingerprint density at radius 3 is 2.55 bits per heavy atom. The van der Waals surface area contributed by atoms with Crippen LogP contribution in [0.4, 0.5) is 0 Å². The maximum Gasteiger partial charge on any atom is 0.499 e. The van der Waals surface area contributed by atoms with E-state index in [1.54, 1.807) is 7.05 Å². The van der Waals surface area contributed by atoms with E-state index in [1.807, 2.05) is 0 Å². The monoisotopic (exact) mass is 175 g/mol. The largest absolute Gasteiger partial charge is 0.499 e. The molecule has 3 N–H and O–H groups in total. The van der Waals surface area contributed by atoms with Gasteiger partial charge in [0.25, 0.3) is 0 Å². The van der Waals surface area contributed by atoms with Gasteiger partial charge in [-0.15, -0.1) is 5.10 Å². The molecule has 1 aromatic heterocycles. The lowest BCUT2D eigenvalue weighted by Gasteiger charge is -2.04. The third kappa shape index (κ3) is 2.76. The van der Waals surface area contributed by atoms with Gasteiger partial charge in [0.1, 0.15) is 0 Å². The minimum Gasteiger partial charge on any atom is -0.390 e. The molecule has 6 nitrogen and oxygen atoms in total. The van der Waals surface area contributed by atoms with Crippen molar-refractivity contribution in [3.05, 3.63) is 11.9 Å². The average molecular weight is 175 g/mol. The first kappa shape index (κ1) is 8.33. The van der Waals surface area contributed by atoms with Crippen molar-refractivity contribution in [2.45, 2.75) is 6.04 Å². The standard InChI is InChI=1S/C4H9N3O3Si/c1-7-2-4(5-6-7)3-11(8,9)10/h2,8-10H,3H2,1H3. The molecule has 1 rings (SSSR count). The summed E-state index contributed by atoms with van der Waals surface area (Å²) in [5.41, 5.74) is 0.381. The van der Waals surface area contributed by atoms with Crippen LogP contribution in [-0.2, 0) is 13.1 Å². The summed E-state index contributed by atoms with van der Waals surface area (Å²) in [6, 6.07) is -0.208. The summed E-state index contributed by atoms with van der Waals surface area (Å²) in [7, 11) is -2.34. The Kier molecular flexibility index (Phi) is 2.05. The number of rotatable bonds is 2. The molecule has 7 heteroatoms. The van der Waals surface area contributed by atoms with Crippen LogP contribution in [0.1, 0.15) is 5.69 Å². The zero-order chi connectivity index (χ0) is 8.48. The molecule has 0 atom stereocenters. The highest BCUT2D eigenvalue weighted by atomic mass is 28.4. The van der Waals surface area contributed by atoms with Crippen LogP contribution in [0, 0.1) is 0 Å². The lowest BCUT2D eigenvalue weighted by molar-refractivity contribution is 0.226. The third-order valence-electron chi connectivity index (χ3n) is 1.07. The fourth-order valence-corrected chi connectivity index (χ4v) is 1.37. The van der Waals surface area contributed by atoms with E-state index in [1.165, 1.54) is 10.9 Å². The van der Waals surface area contributed by atoms with Gasteiger partial charge >= 0.3 is 8.80 Å². The van der Waals surface area contributed by atoms with Crippen molar-refractivity contribution in [2.24, 2.45) is 7.05 Å². The van der Waals surface area contributed by atoms with Crippen LogP contribution in [-0.4, -0.2) is 38.2 Å². The fourth-order valence-electron chi connectivity index (χ4n) is 0.719. The Bertz CT molecular complexity index is 243. The Balaban J connectivity index is 2.65. The highest BCUT2D eigenvalue weighted by Gasteiger charge is 2.28. The van der Waals surface area contributed by atoms with Crippen molar-refractivity contribution in [1.29, 1.82) is 0 Å². The number of aromatic nitrogens is 3. The van der Waals surface area contributed by atoms with E-state index < -0.39 is 8.80 Å². The van der Waals surface area contributed by atoms with Crippen molar-refractivity contribution in [2.75, 3.05) is 0 Å². The van der Waals surface area contributed by atoms with Crippen LogP contribution in [0.25, 0.3) is 0 Å². The molecule has 0 amide bonds. The zero-order valence-electron chi connectivity index (χ0n) is 5.97. The first-order valence-corrected chi connectivity index (χ1v) is 5.04. The molecule has 0 fully saturated rings. The van der Waals surface area contributed by atoms with Gasteiger partial charge in [0.15, 0.2) is 0 Å². The second-order valence-corrected chi connectivity index (χ2v) is 4.24. The van der Waals surface area contributed by atoms with E-state index in [0.29, 0.717) is 5.69 Å². The molecule has 0 aromatic carbocycles. The highest BCUT2D eigenvalue weighted by Crippen LogP contribution is 1.98. The number of nitrogens with zero attached hydrogens (tertiary/aromatic N) is 3. The van der Waals surface area contributed by atoms with Gasteiger partial charge in [0.2, 0.25) is 0 Å². The van der Waals surface area contributed by atoms with E-state index in [2.05, 4.69) is 10.3 Å². The molecule has 0 bridgehead atoms. The lowest BCUT2D eigenvalue weighted by Crippen LogP contribution is -2.38. The fraction of sp³-hybridized carbons (Fsp3) is 0.500. The summed E-state index contributed by atoms with van der Waals surface area (Å²) in [6.07, 6.45) is 1.52. The van der Waals surface area contributed by atoms with Crippen LogP contribution in [0.15, 0.2) is 6.20 Å². The Hall–Kier alpha value is -0.763. The lowest BCUT2D eigenvalue weighted by atomic mass is 10.6. The van der Waals surface area contributed by atoms with Crippen molar-refractivity contribution in [3.8, 4) is 0 Å². The van der Waals surface area contributed by atoms with Gasteiger partial charge < -0.3 is 14.4 Å². The van der Waals surface area contributed by atoms with Gasteiger partial charge in [0, 0.05) is 13.2 Å². The summed E-state index contributed by atoms with van der Waals surface area (Å²) in [5.74, 6) is 0. The van der Waals surface area contributed by atoms with E-state index >= 15 is 0 Å². The first-order chi connectivity index (χ1) is 4.97.